The van der Waals surface area contributed by atoms with E-state index in [-0.39, 0.29) is 12.0 Å². The molecule has 1 saturated heterocycles. The van der Waals surface area contributed by atoms with Crippen molar-refractivity contribution in [2.75, 3.05) is 22.1 Å². The molecule has 3 aromatic rings. The SMILES string of the molecule is O=C(Nc1ccc(Nc2ccccc2)cc1)c1ccnc(OC2CCSC2)c1. The summed E-state index contributed by atoms with van der Waals surface area (Å²) in [4.78, 5) is 16.8. The lowest BCUT2D eigenvalue weighted by molar-refractivity contribution is 0.102. The van der Waals surface area contributed by atoms with Crippen LogP contribution in [0.25, 0.3) is 0 Å². The van der Waals surface area contributed by atoms with Crippen LogP contribution in [0.2, 0.25) is 0 Å². The van der Waals surface area contributed by atoms with Gasteiger partial charge in [0.1, 0.15) is 6.10 Å². The fourth-order valence-electron chi connectivity index (χ4n) is 2.92. The summed E-state index contributed by atoms with van der Waals surface area (Å²) < 4.78 is 5.87. The molecule has 1 aliphatic rings. The second-order valence-corrected chi connectivity index (χ2v) is 7.66. The van der Waals surface area contributed by atoms with E-state index in [1.165, 1.54) is 0 Å². The van der Waals surface area contributed by atoms with Crippen LogP contribution in [0.4, 0.5) is 17.1 Å². The molecular formula is C22H21N3O2S. The van der Waals surface area contributed by atoms with E-state index in [1.54, 1.807) is 18.3 Å². The van der Waals surface area contributed by atoms with Crippen LogP contribution in [0.15, 0.2) is 72.9 Å². The number of ether oxygens (including phenoxy) is 1. The van der Waals surface area contributed by atoms with Crippen molar-refractivity contribution in [1.82, 2.24) is 4.98 Å². The molecule has 1 unspecified atom stereocenters. The van der Waals surface area contributed by atoms with Crippen LogP contribution in [0.1, 0.15) is 16.8 Å². The Morgan fingerprint density at radius 1 is 1.00 bits per heavy atom. The summed E-state index contributed by atoms with van der Waals surface area (Å²) in [5, 5.41) is 6.23. The van der Waals surface area contributed by atoms with Gasteiger partial charge in [-0.3, -0.25) is 4.79 Å². The number of nitrogens with zero attached hydrogens (tertiary/aromatic N) is 1. The number of benzene rings is 2. The van der Waals surface area contributed by atoms with Gasteiger partial charge in [-0.1, -0.05) is 18.2 Å². The number of carbonyl (C=O) groups is 1. The number of para-hydroxylation sites is 1. The second-order valence-electron chi connectivity index (χ2n) is 6.51. The topological polar surface area (TPSA) is 63.2 Å². The number of thioether (sulfide) groups is 1. The Morgan fingerprint density at radius 2 is 1.75 bits per heavy atom. The first-order valence-corrected chi connectivity index (χ1v) is 10.4. The minimum atomic E-state index is -0.184. The zero-order chi connectivity index (χ0) is 19.2. The van der Waals surface area contributed by atoms with Crippen LogP contribution in [0, 0.1) is 0 Å². The Balaban J connectivity index is 1.38. The molecule has 28 heavy (non-hydrogen) atoms. The van der Waals surface area contributed by atoms with Gasteiger partial charge in [0.2, 0.25) is 5.88 Å². The number of anilines is 3. The molecule has 1 aliphatic heterocycles. The predicted octanol–water partition coefficient (Wildman–Crippen LogP) is 4.96. The Kier molecular flexibility index (Phi) is 5.77. The molecule has 1 amide bonds. The van der Waals surface area contributed by atoms with E-state index in [0.717, 1.165) is 35.0 Å². The zero-order valence-corrected chi connectivity index (χ0v) is 16.1. The molecule has 1 fully saturated rings. The van der Waals surface area contributed by atoms with Gasteiger partial charge in [-0.15, -0.1) is 0 Å². The molecule has 0 aliphatic carbocycles. The summed E-state index contributed by atoms with van der Waals surface area (Å²) in [5.74, 6) is 2.40. The molecule has 0 spiro atoms. The highest BCUT2D eigenvalue weighted by atomic mass is 32.2. The first-order valence-electron chi connectivity index (χ1n) is 9.20. The number of hydrogen-bond donors (Lipinski definition) is 2. The molecular weight excluding hydrogens is 370 g/mol. The molecule has 5 nitrogen and oxygen atoms in total. The van der Waals surface area contributed by atoms with E-state index in [9.17, 15) is 4.79 Å². The van der Waals surface area contributed by atoms with Crippen LogP contribution < -0.4 is 15.4 Å². The summed E-state index contributed by atoms with van der Waals surface area (Å²) in [6.45, 7) is 0. The van der Waals surface area contributed by atoms with Crippen LogP contribution in [-0.4, -0.2) is 28.5 Å². The lowest BCUT2D eigenvalue weighted by atomic mass is 10.2. The van der Waals surface area contributed by atoms with Crippen molar-refractivity contribution in [2.45, 2.75) is 12.5 Å². The van der Waals surface area contributed by atoms with Gasteiger partial charge in [-0.05, 0) is 54.6 Å². The molecule has 2 aromatic carbocycles. The minimum absolute atomic E-state index is 0.181. The molecule has 1 atom stereocenters. The van der Waals surface area contributed by atoms with Gasteiger partial charge in [0.15, 0.2) is 0 Å². The summed E-state index contributed by atoms with van der Waals surface area (Å²) >= 11 is 1.88. The van der Waals surface area contributed by atoms with Crippen molar-refractivity contribution in [2.24, 2.45) is 0 Å². The Hall–Kier alpha value is -2.99. The first-order chi connectivity index (χ1) is 13.8. The number of carbonyl (C=O) groups excluding carboxylic acids is 1. The van der Waals surface area contributed by atoms with Crippen molar-refractivity contribution < 1.29 is 9.53 Å². The molecule has 6 heteroatoms. The van der Waals surface area contributed by atoms with Crippen molar-refractivity contribution in [1.29, 1.82) is 0 Å². The maximum atomic E-state index is 12.6. The number of hydrogen-bond acceptors (Lipinski definition) is 5. The maximum absolute atomic E-state index is 12.6. The van der Waals surface area contributed by atoms with Crippen molar-refractivity contribution in [3.63, 3.8) is 0 Å². The van der Waals surface area contributed by atoms with E-state index in [0.29, 0.717) is 11.4 Å². The number of pyridine rings is 1. The fourth-order valence-corrected chi connectivity index (χ4v) is 4.01. The molecule has 2 heterocycles. The fraction of sp³-hybridized carbons (Fsp3) is 0.182. The third kappa shape index (κ3) is 4.84. The Labute approximate surface area is 168 Å². The first kappa shape index (κ1) is 18.4. The van der Waals surface area contributed by atoms with Gasteiger partial charge in [0.25, 0.3) is 5.91 Å². The predicted molar refractivity (Wildman–Crippen MR) is 115 cm³/mol. The van der Waals surface area contributed by atoms with E-state index in [4.69, 9.17) is 4.74 Å². The highest BCUT2D eigenvalue weighted by Crippen LogP contribution is 2.23. The summed E-state index contributed by atoms with van der Waals surface area (Å²) in [7, 11) is 0. The van der Waals surface area contributed by atoms with Gasteiger partial charge in [-0.2, -0.15) is 11.8 Å². The third-order valence-corrected chi connectivity index (χ3v) is 5.51. The molecule has 1 aromatic heterocycles. The molecule has 0 radical (unpaired) electrons. The smallest absolute Gasteiger partial charge is 0.255 e. The van der Waals surface area contributed by atoms with Crippen molar-refractivity contribution in [3.8, 4) is 5.88 Å². The number of nitrogens with one attached hydrogen (secondary N) is 2. The Bertz CT molecular complexity index is 926. The number of rotatable bonds is 6. The van der Waals surface area contributed by atoms with Crippen LogP contribution >= 0.6 is 11.8 Å². The van der Waals surface area contributed by atoms with Crippen LogP contribution in [0.3, 0.4) is 0 Å². The van der Waals surface area contributed by atoms with E-state index in [2.05, 4.69) is 15.6 Å². The average Bonchev–Trinajstić information content (AvgIpc) is 3.23. The molecule has 0 saturated carbocycles. The Morgan fingerprint density at radius 3 is 2.50 bits per heavy atom. The quantitative estimate of drug-likeness (QED) is 0.622. The standard InChI is InChI=1S/C22H21N3O2S/c26-22(16-10-12-23-21(14-16)27-20-11-13-28-15-20)25-19-8-6-18(7-9-19)24-17-4-2-1-3-5-17/h1-10,12,14,20,24H,11,13,15H2,(H,25,26). The van der Waals surface area contributed by atoms with Gasteiger partial charge in [0.05, 0.1) is 0 Å². The van der Waals surface area contributed by atoms with Crippen molar-refractivity contribution >= 4 is 34.7 Å². The zero-order valence-electron chi connectivity index (χ0n) is 15.3. The molecule has 142 valence electrons. The lowest BCUT2D eigenvalue weighted by Gasteiger charge is -2.12. The second kappa shape index (κ2) is 8.80. The van der Waals surface area contributed by atoms with E-state index < -0.39 is 0 Å². The molecule has 0 bridgehead atoms. The summed E-state index contributed by atoms with van der Waals surface area (Å²) in [5.41, 5.74) is 3.24. The average molecular weight is 391 g/mol. The summed E-state index contributed by atoms with van der Waals surface area (Å²) in [6.07, 6.45) is 2.81. The van der Waals surface area contributed by atoms with Gasteiger partial charge >= 0.3 is 0 Å². The third-order valence-electron chi connectivity index (χ3n) is 4.38. The molecule has 2 N–H and O–H groups in total. The summed E-state index contributed by atoms with van der Waals surface area (Å²) in [6, 6.07) is 20.9. The van der Waals surface area contributed by atoms with E-state index in [1.807, 2.05) is 66.4 Å². The van der Waals surface area contributed by atoms with Crippen LogP contribution in [0.5, 0.6) is 5.88 Å². The van der Waals surface area contributed by atoms with Crippen molar-refractivity contribution in [3.05, 3.63) is 78.5 Å². The van der Waals surface area contributed by atoms with Gasteiger partial charge < -0.3 is 15.4 Å². The van der Waals surface area contributed by atoms with Gasteiger partial charge in [-0.25, -0.2) is 4.98 Å². The van der Waals surface area contributed by atoms with E-state index >= 15 is 0 Å². The normalized spacial score (nSPS) is 15.8. The molecule has 4 rings (SSSR count). The number of aromatic nitrogens is 1. The number of amides is 1. The highest BCUT2D eigenvalue weighted by molar-refractivity contribution is 7.99. The van der Waals surface area contributed by atoms with Gasteiger partial charge in [0, 0.05) is 40.6 Å². The minimum Gasteiger partial charge on any atom is -0.473 e. The lowest BCUT2D eigenvalue weighted by Crippen LogP contribution is -2.17. The maximum Gasteiger partial charge on any atom is 0.255 e. The largest absolute Gasteiger partial charge is 0.473 e. The highest BCUT2D eigenvalue weighted by Gasteiger charge is 2.18. The van der Waals surface area contributed by atoms with Crippen LogP contribution in [-0.2, 0) is 0 Å². The monoisotopic (exact) mass is 391 g/mol.